The van der Waals surface area contributed by atoms with Gasteiger partial charge in [-0.3, -0.25) is 0 Å². The lowest BCUT2D eigenvalue weighted by Crippen LogP contribution is -2.10. The van der Waals surface area contributed by atoms with Crippen molar-refractivity contribution < 1.29 is 9.90 Å². The highest BCUT2D eigenvalue weighted by Gasteiger charge is 2.13. The summed E-state index contributed by atoms with van der Waals surface area (Å²) in [6, 6.07) is 10.6. The molecule has 0 saturated heterocycles. The highest BCUT2D eigenvalue weighted by molar-refractivity contribution is 6.42. The summed E-state index contributed by atoms with van der Waals surface area (Å²) in [6.07, 6.45) is 0. The fraction of sp³-hybridized carbons (Fsp3) is 0.188. The van der Waals surface area contributed by atoms with Crippen molar-refractivity contribution in [2.75, 3.05) is 5.32 Å². The summed E-state index contributed by atoms with van der Waals surface area (Å²) in [5, 5.41) is 13.5. The smallest absolute Gasteiger partial charge is 0.336 e. The van der Waals surface area contributed by atoms with E-state index in [1.54, 1.807) is 31.2 Å². The Kier molecular flexibility index (Phi) is 4.76. The molecule has 0 aliphatic rings. The van der Waals surface area contributed by atoms with Crippen LogP contribution < -0.4 is 5.32 Å². The van der Waals surface area contributed by atoms with E-state index >= 15 is 0 Å². The second-order valence-electron chi connectivity index (χ2n) is 4.82. The summed E-state index contributed by atoms with van der Waals surface area (Å²) in [5.41, 5.74) is 2.76. The fourth-order valence-corrected chi connectivity index (χ4v) is 2.43. The zero-order chi connectivity index (χ0) is 15.6. The van der Waals surface area contributed by atoms with Gasteiger partial charge >= 0.3 is 5.97 Å². The van der Waals surface area contributed by atoms with Gasteiger partial charge in [0.25, 0.3) is 0 Å². The van der Waals surface area contributed by atoms with E-state index in [4.69, 9.17) is 28.3 Å². The van der Waals surface area contributed by atoms with E-state index in [-0.39, 0.29) is 6.04 Å². The SMILES string of the molecule is Cc1c(NC(C)c2ccc(Cl)c(Cl)c2)cccc1C(=O)O. The largest absolute Gasteiger partial charge is 0.478 e. The van der Waals surface area contributed by atoms with Crippen molar-refractivity contribution in [1.29, 1.82) is 0 Å². The minimum Gasteiger partial charge on any atom is -0.478 e. The van der Waals surface area contributed by atoms with Crippen LogP contribution >= 0.6 is 23.2 Å². The molecule has 0 radical (unpaired) electrons. The van der Waals surface area contributed by atoms with E-state index in [9.17, 15) is 4.79 Å². The summed E-state index contributed by atoms with van der Waals surface area (Å²) < 4.78 is 0. The molecule has 0 spiro atoms. The first kappa shape index (κ1) is 15.7. The molecule has 0 saturated carbocycles. The molecule has 3 nitrogen and oxygen atoms in total. The number of nitrogens with one attached hydrogen (secondary N) is 1. The van der Waals surface area contributed by atoms with Crippen LogP contribution in [0.3, 0.4) is 0 Å². The number of aromatic carboxylic acids is 1. The molecule has 2 aromatic rings. The van der Waals surface area contributed by atoms with Crippen molar-refractivity contribution in [2.45, 2.75) is 19.9 Å². The Labute approximate surface area is 133 Å². The summed E-state index contributed by atoms with van der Waals surface area (Å²) >= 11 is 11.9. The minimum absolute atomic E-state index is 0.0255. The van der Waals surface area contributed by atoms with Gasteiger partial charge in [0.2, 0.25) is 0 Å². The predicted octanol–water partition coefficient (Wildman–Crippen LogP) is 5.17. The van der Waals surface area contributed by atoms with E-state index in [1.807, 2.05) is 19.1 Å². The fourth-order valence-electron chi connectivity index (χ4n) is 2.12. The van der Waals surface area contributed by atoms with Crippen LogP contribution in [0.5, 0.6) is 0 Å². The van der Waals surface area contributed by atoms with Crippen LogP contribution in [0.25, 0.3) is 0 Å². The molecule has 0 heterocycles. The number of halogens is 2. The number of carbonyl (C=O) groups is 1. The van der Waals surface area contributed by atoms with E-state index in [0.717, 1.165) is 11.3 Å². The molecule has 0 aliphatic carbocycles. The number of carboxylic acid groups (broad SMARTS) is 1. The quantitative estimate of drug-likeness (QED) is 0.815. The third-order valence-electron chi connectivity index (χ3n) is 3.38. The molecule has 0 aliphatic heterocycles. The van der Waals surface area contributed by atoms with E-state index in [2.05, 4.69) is 5.32 Å². The molecule has 2 N–H and O–H groups in total. The van der Waals surface area contributed by atoms with E-state index < -0.39 is 5.97 Å². The first-order valence-corrected chi connectivity index (χ1v) is 7.20. The number of hydrogen-bond donors (Lipinski definition) is 2. The van der Waals surface area contributed by atoms with Crippen molar-refractivity contribution in [3.63, 3.8) is 0 Å². The van der Waals surface area contributed by atoms with Crippen molar-refractivity contribution in [1.82, 2.24) is 0 Å². The van der Waals surface area contributed by atoms with Gasteiger partial charge in [-0.25, -0.2) is 4.79 Å². The summed E-state index contributed by atoms with van der Waals surface area (Å²) in [4.78, 5) is 11.2. The zero-order valence-corrected chi connectivity index (χ0v) is 13.2. The maximum absolute atomic E-state index is 11.2. The monoisotopic (exact) mass is 323 g/mol. The Morgan fingerprint density at radius 3 is 2.52 bits per heavy atom. The van der Waals surface area contributed by atoms with Gasteiger partial charge in [-0.05, 0) is 49.2 Å². The van der Waals surface area contributed by atoms with Gasteiger partial charge < -0.3 is 10.4 Å². The molecule has 21 heavy (non-hydrogen) atoms. The molecule has 1 atom stereocenters. The molecule has 0 bridgehead atoms. The standard InChI is InChI=1S/C16H15Cl2NO2/c1-9-12(16(20)21)4-3-5-15(9)19-10(2)11-6-7-13(17)14(18)8-11/h3-8,10,19H,1-2H3,(H,20,21). The summed E-state index contributed by atoms with van der Waals surface area (Å²) in [6.45, 7) is 3.76. The van der Waals surface area contributed by atoms with Gasteiger partial charge in [0, 0.05) is 11.7 Å². The number of rotatable bonds is 4. The molecular formula is C16H15Cl2NO2. The minimum atomic E-state index is -0.932. The molecule has 1 unspecified atom stereocenters. The second-order valence-corrected chi connectivity index (χ2v) is 5.64. The predicted molar refractivity (Wildman–Crippen MR) is 86.6 cm³/mol. The lowest BCUT2D eigenvalue weighted by Gasteiger charge is -2.18. The van der Waals surface area contributed by atoms with Gasteiger partial charge in [-0.15, -0.1) is 0 Å². The van der Waals surface area contributed by atoms with Crippen molar-refractivity contribution >= 4 is 34.9 Å². The molecular weight excluding hydrogens is 309 g/mol. The number of hydrogen-bond acceptors (Lipinski definition) is 2. The molecule has 0 aromatic heterocycles. The molecule has 2 rings (SSSR count). The van der Waals surface area contributed by atoms with Crippen LogP contribution in [0.2, 0.25) is 10.0 Å². The molecule has 2 aromatic carbocycles. The molecule has 110 valence electrons. The van der Waals surface area contributed by atoms with Crippen LogP contribution in [-0.2, 0) is 0 Å². The summed E-state index contributed by atoms with van der Waals surface area (Å²) in [5.74, 6) is -0.932. The Morgan fingerprint density at radius 2 is 1.90 bits per heavy atom. The summed E-state index contributed by atoms with van der Waals surface area (Å²) in [7, 11) is 0. The second kappa shape index (κ2) is 6.37. The average Bonchev–Trinajstić information content (AvgIpc) is 2.43. The maximum Gasteiger partial charge on any atom is 0.336 e. The molecule has 5 heteroatoms. The van der Waals surface area contributed by atoms with Crippen LogP contribution in [0.15, 0.2) is 36.4 Å². The first-order valence-electron chi connectivity index (χ1n) is 6.44. The Hall–Kier alpha value is -1.71. The molecule has 0 amide bonds. The Balaban J connectivity index is 2.27. The van der Waals surface area contributed by atoms with Crippen molar-refractivity contribution in [2.24, 2.45) is 0 Å². The first-order chi connectivity index (χ1) is 9.90. The average molecular weight is 324 g/mol. The Morgan fingerprint density at radius 1 is 1.19 bits per heavy atom. The van der Waals surface area contributed by atoms with Gasteiger partial charge in [0.15, 0.2) is 0 Å². The highest BCUT2D eigenvalue weighted by atomic mass is 35.5. The normalized spacial score (nSPS) is 12.0. The Bertz CT molecular complexity index is 686. The third kappa shape index (κ3) is 3.49. The van der Waals surface area contributed by atoms with E-state index in [0.29, 0.717) is 21.2 Å². The molecule has 0 fully saturated rings. The van der Waals surface area contributed by atoms with Gasteiger partial charge in [0.05, 0.1) is 15.6 Å². The van der Waals surface area contributed by atoms with Crippen LogP contribution in [0.1, 0.15) is 34.5 Å². The van der Waals surface area contributed by atoms with E-state index in [1.165, 1.54) is 0 Å². The highest BCUT2D eigenvalue weighted by Crippen LogP contribution is 2.28. The number of anilines is 1. The maximum atomic E-state index is 11.2. The lowest BCUT2D eigenvalue weighted by molar-refractivity contribution is 0.0696. The van der Waals surface area contributed by atoms with Crippen LogP contribution in [0.4, 0.5) is 5.69 Å². The topological polar surface area (TPSA) is 49.3 Å². The van der Waals surface area contributed by atoms with Crippen LogP contribution in [0, 0.1) is 6.92 Å². The zero-order valence-electron chi connectivity index (χ0n) is 11.7. The van der Waals surface area contributed by atoms with Gasteiger partial charge in [-0.1, -0.05) is 35.3 Å². The lowest BCUT2D eigenvalue weighted by atomic mass is 10.0. The van der Waals surface area contributed by atoms with Gasteiger partial charge in [-0.2, -0.15) is 0 Å². The number of benzene rings is 2. The number of carboxylic acids is 1. The van der Waals surface area contributed by atoms with Crippen molar-refractivity contribution in [3.05, 3.63) is 63.1 Å². The van der Waals surface area contributed by atoms with Crippen LogP contribution in [-0.4, -0.2) is 11.1 Å². The third-order valence-corrected chi connectivity index (χ3v) is 4.12. The van der Waals surface area contributed by atoms with Gasteiger partial charge in [0.1, 0.15) is 0 Å². The van der Waals surface area contributed by atoms with Crippen molar-refractivity contribution in [3.8, 4) is 0 Å².